The highest BCUT2D eigenvalue weighted by Crippen LogP contribution is 2.34. The molecule has 0 heterocycles. The maximum absolute atomic E-state index is 13.0. The van der Waals surface area contributed by atoms with E-state index in [1.807, 2.05) is 43.4 Å². The van der Waals surface area contributed by atoms with Gasteiger partial charge in [0.25, 0.3) is 12.4 Å². The Bertz CT molecular complexity index is 837. The summed E-state index contributed by atoms with van der Waals surface area (Å²) in [7, 11) is 2.03. The number of hydrogen-bond donors (Lipinski definition) is 1. The Hall–Kier alpha value is -2.82. The molecule has 4 rings (SSSR count). The number of carbonyl (C=O) groups is 2. The van der Waals surface area contributed by atoms with Gasteiger partial charge >= 0.3 is 0 Å². The van der Waals surface area contributed by atoms with Crippen molar-refractivity contribution in [1.29, 1.82) is 0 Å². The molecule has 2 aromatic carbocycles. The summed E-state index contributed by atoms with van der Waals surface area (Å²) in [4.78, 5) is 26.4. The Morgan fingerprint density at radius 2 is 1.79 bits per heavy atom. The second-order valence-corrected chi connectivity index (χ2v) is 7.88. The van der Waals surface area contributed by atoms with Crippen molar-refractivity contribution in [3.63, 3.8) is 0 Å². The summed E-state index contributed by atoms with van der Waals surface area (Å²) in [6.45, 7) is 1.32. The summed E-state index contributed by atoms with van der Waals surface area (Å²) < 4.78 is 5.27. The van der Waals surface area contributed by atoms with Crippen LogP contribution in [-0.4, -0.2) is 32.0 Å². The van der Waals surface area contributed by atoms with Crippen molar-refractivity contribution in [2.45, 2.75) is 37.8 Å². The number of hydrogen-bond acceptors (Lipinski definition) is 4. The highest BCUT2D eigenvalue weighted by molar-refractivity contribution is 5.85. The standard InChI is InChI=1S/C23H26N2O3/c1-25(14-16-10-11-16)21-9-5-4-8-20(21)22(28-15-26)23(27)24-19-12-17-6-2-3-7-18(17)13-19/h2-9,15-16,19,22H,10-14H2,1H3,(H,24,27). The highest BCUT2D eigenvalue weighted by Gasteiger charge is 2.31. The van der Waals surface area contributed by atoms with Gasteiger partial charge in [-0.1, -0.05) is 42.5 Å². The molecule has 0 bridgehead atoms. The summed E-state index contributed by atoms with van der Waals surface area (Å²) in [5.41, 5.74) is 4.20. The first-order chi connectivity index (χ1) is 13.7. The molecule has 5 nitrogen and oxygen atoms in total. The molecule has 2 aromatic rings. The number of nitrogens with one attached hydrogen (secondary N) is 1. The predicted molar refractivity (Wildman–Crippen MR) is 108 cm³/mol. The summed E-state index contributed by atoms with van der Waals surface area (Å²) in [6, 6.07) is 16.0. The number of benzene rings is 2. The van der Waals surface area contributed by atoms with Gasteiger partial charge in [-0.05, 0) is 48.8 Å². The molecule has 0 spiro atoms. The van der Waals surface area contributed by atoms with Crippen LogP contribution >= 0.6 is 0 Å². The van der Waals surface area contributed by atoms with E-state index in [-0.39, 0.29) is 11.9 Å². The van der Waals surface area contributed by atoms with Crippen molar-refractivity contribution in [2.75, 3.05) is 18.5 Å². The van der Waals surface area contributed by atoms with Crippen LogP contribution in [0, 0.1) is 5.92 Å². The van der Waals surface area contributed by atoms with Gasteiger partial charge in [-0.25, -0.2) is 0 Å². The molecule has 5 heteroatoms. The molecule has 1 N–H and O–H groups in total. The molecule has 1 atom stereocenters. The molecule has 2 aliphatic rings. The first-order valence-electron chi connectivity index (χ1n) is 9.92. The van der Waals surface area contributed by atoms with Gasteiger partial charge in [-0.15, -0.1) is 0 Å². The number of carbonyl (C=O) groups excluding carboxylic acids is 2. The van der Waals surface area contributed by atoms with E-state index in [2.05, 4.69) is 22.3 Å². The van der Waals surface area contributed by atoms with Crippen LogP contribution in [0.15, 0.2) is 48.5 Å². The molecule has 28 heavy (non-hydrogen) atoms. The van der Waals surface area contributed by atoms with E-state index in [1.54, 1.807) is 0 Å². The lowest BCUT2D eigenvalue weighted by atomic mass is 10.0. The average Bonchev–Trinajstić information content (AvgIpc) is 3.42. The van der Waals surface area contributed by atoms with Crippen LogP contribution in [0.25, 0.3) is 0 Å². The minimum absolute atomic E-state index is 0.0269. The van der Waals surface area contributed by atoms with Gasteiger partial charge < -0.3 is 15.0 Å². The number of ether oxygens (including phenoxy) is 1. The maximum Gasteiger partial charge on any atom is 0.294 e. The smallest absolute Gasteiger partial charge is 0.294 e. The van der Waals surface area contributed by atoms with Crippen molar-refractivity contribution < 1.29 is 14.3 Å². The SMILES string of the molecule is CN(CC1CC1)c1ccccc1C(OC=O)C(=O)NC1Cc2ccccc2C1. The van der Waals surface area contributed by atoms with Crippen LogP contribution in [0.1, 0.15) is 35.6 Å². The van der Waals surface area contributed by atoms with Gasteiger partial charge in [-0.2, -0.15) is 0 Å². The number of rotatable bonds is 8. The Morgan fingerprint density at radius 3 is 2.43 bits per heavy atom. The van der Waals surface area contributed by atoms with Crippen LogP contribution in [0.5, 0.6) is 0 Å². The van der Waals surface area contributed by atoms with Gasteiger partial charge in [-0.3, -0.25) is 9.59 Å². The van der Waals surface area contributed by atoms with Gasteiger partial charge in [0.1, 0.15) is 0 Å². The van der Waals surface area contributed by atoms with Gasteiger partial charge in [0.05, 0.1) is 0 Å². The third-order valence-electron chi connectivity index (χ3n) is 5.69. The van der Waals surface area contributed by atoms with Crippen molar-refractivity contribution in [1.82, 2.24) is 5.32 Å². The molecule has 1 amide bonds. The molecule has 1 saturated carbocycles. The Labute approximate surface area is 165 Å². The molecular formula is C23H26N2O3. The Kier molecular flexibility index (Phi) is 5.33. The summed E-state index contributed by atoms with van der Waals surface area (Å²) in [6.07, 6.45) is 3.17. The maximum atomic E-state index is 13.0. The van der Waals surface area contributed by atoms with E-state index in [0.717, 1.165) is 30.6 Å². The second kappa shape index (κ2) is 8.05. The predicted octanol–water partition coefficient (Wildman–Crippen LogP) is 3.03. The molecule has 2 aliphatic carbocycles. The van der Waals surface area contributed by atoms with Gasteiger partial charge in [0, 0.05) is 30.9 Å². The van der Waals surface area contributed by atoms with E-state index in [0.29, 0.717) is 12.4 Å². The number of fused-ring (bicyclic) bond motifs is 1. The van der Waals surface area contributed by atoms with E-state index >= 15 is 0 Å². The zero-order valence-electron chi connectivity index (χ0n) is 16.1. The van der Waals surface area contributed by atoms with E-state index in [1.165, 1.54) is 24.0 Å². The molecule has 0 saturated heterocycles. The van der Waals surface area contributed by atoms with E-state index in [9.17, 15) is 9.59 Å². The summed E-state index contributed by atoms with van der Waals surface area (Å²) >= 11 is 0. The molecule has 146 valence electrons. The van der Waals surface area contributed by atoms with E-state index < -0.39 is 6.10 Å². The number of amides is 1. The van der Waals surface area contributed by atoms with Crippen molar-refractivity contribution in [2.24, 2.45) is 5.92 Å². The lowest BCUT2D eigenvalue weighted by Crippen LogP contribution is -2.39. The molecule has 0 aromatic heterocycles. The van der Waals surface area contributed by atoms with Crippen molar-refractivity contribution >= 4 is 18.1 Å². The fraction of sp³-hybridized carbons (Fsp3) is 0.391. The van der Waals surface area contributed by atoms with Crippen LogP contribution in [0.3, 0.4) is 0 Å². The first kappa shape index (κ1) is 18.5. The third kappa shape index (κ3) is 4.03. The second-order valence-electron chi connectivity index (χ2n) is 7.88. The monoisotopic (exact) mass is 378 g/mol. The lowest BCUT2D eigenvalue weighted by Gasteiger charge is -2.26. The largest absolute Gasteiger partial charge is 0.449 e. The van der Waals surface area contributed by atoms with Gasteiger partial charge in [0.2, 0.25) is 6.10 Å². The molecule has 1 fully saturated rings. The zero-order valence-corrected chi connectivity index (χ0v) is 16.1. The highest BCUT2D eigenvalue weighted by atomic mass is 16.5. The van der Waals surface area contributed by atoms with Crippen LogP contribution in [-0.2, 0) is 27.2 Å². The topological polar surface area (TPSA) is 58.6 Å². The van der Waals surface area contributed by atoms with Gasteiger partial charge in [0.15, 0.2) is 0 Å². The van der Waals surface area contributed by atoms with Crippen molar-refractivity contribution in [3.05, 3.63) is 65.2 Å². The molecule has 0 aliphatic heterocycles. The van der Waals surface area contributed by atoms with Crippen LogP contribution < -0.4 is 10.2 Å². The molecule has 0 radical (unpaired) electrons. The average molecular weight is 378 g/mol. The zero-order chi connectivity index (χ0) is 19.5. The molecular weight excluding hydrogens is 352 g/mol. The Morgan fingerprint density at radius 1 is 1.14 bits per heavy atom. The van der Waals surface area contributed by atoms with Crippen LogP contribution in [0.2, 0.25) is 0 Å². The third-order valence-corrected chi connectivity index (χ3v) is 5.69. The number of para-hydroxylation sites is 1. The van der Waals surface area contributed by atoms with E-state index in [4.69, 9.17) is 4.74 Å². The molecule has 1 unspecified atom stereocenters. The minimum Gasteiger partial charge on any atom is -0.449 e. The van der Waals surface area contributed by atoms with Crippen LogP contribution in [0.4, 0.5) is 5.69 Å². The first-order valence-corrected chi connectivity index (χ1v) is 9.92. The number of nitrogens with zero attached hydrogens (tertiary/aromatic N) is 1. The fourth-order valence-corrected chi connectivity index (χ4v) is 4.11. The normalized spacial score (nSPS) is 16.9. The quantitative estimate of drug-likeness (QED) is 0.718. The van der Waals surface area contributed by atoms with Crippen molar-refractivity contribution in [3.8, 4) is 0 Å². The summed E-state index contributed by atoms with van der Waals surface area (Å²) in [5.74, 6) is 0.450. The fourth-order valence-electron chi connectivity index (χ4n) is 4.11. The summed E-state index contributed by atoms with van der Waals surface area (Å²) in [5, 5.41) is 3.09. The Balaban J connectivity index is 1.51. The lowest BCUT2D eigenvalue weighted by molar-refractivity contribution is -0.145. The minimum atomic E-state index is -0.945. The number of anilines is 1.